The summed E-state index contributed by atoms with van der Waals surface area (Å²) < 4.78 is 10.6. The second-order valence-corrected chi connectivity index (χ2v) is 6.86. The van der Waals surface area contributed by atoms with Gasteiger partial charge in [0.1, 0.15) is 5.75 Å². The van der Waals surface area contributed by atoms with Crippen LogP contribution in [0.5, 0.6) is 5.75 Å². The van der Waals surface area contributed by atoms with E-state index in [1.165, 1.54) is 6.92 Å². The van der Waals surface area contributed by atoms with Crippen LogP contribution in [0.25, 0.3) is 10.8 Å². The molecule has 30 heavy (non-hydrogen) atoms. The van der Waals surface area contributed by atoms with Gasteiger partial charge in [0.15, 0.2) is 12.7 Å². The maximum Gasteiger partial charge on any atom is 0.347 e. The van der Waals surface area contributed by atoms with Crippen molar-refractivity contribution in [1.82, 2.24) is 5.32 Å². The van der Waals surface area contributed by atoms with Crippen LogP contribution in [-0.4, -0.2) is 24.6 Å². The predicted molar refractivity (Wildman–Crippen MR) is 113 cm³/mol. The number of nitrogens with one attached hydrogen (secondary N) is 1. The summed E-state index contributed by atoms with van der Waals surface area (Å²) in [6.45, 7) is 3.03. The first-order valence-electron chi connectivity index (χ1n) is 9.58. The van der Waals surface area contributed by atoms with Gasteiger partial charge in [-0.1, -0.05) is 42.5 Å². The third kappa shape index (κ3) is 5.15. The Morgan fingerprint density at radius 1 is 1.00 bits per heavy atom. The van der Waals surface area contributed by atoms with E-state index in [9.17, 15) is 9.59 Å². The summed E-state index contributed by atoms with van der Waals surface area (Å²) in [5, 5.41) is 13.8. The van der Waals surface area contributed by atoms with E-state index < -0.39 is 24.6 Å². The number of esters is 1. The molecule has 6 nitrogen and oxygen atoms in total. The highest BCUT2D eigenvalue weighted by Crippen LogP contribution is 2.24. The fourth-order valence-electron chi connectivity index (χ4n) is 3.10. The average molecular weight is 402 g/mol. The topological polar surface area (TPSA) is 88.4 Å². The molecule has 0 unspecified atom stereocenters. The van der Waals surface area contributed by atoms with Crippen molar-refractivity contribution in [2.24, 2.45) is 0 Å². The maximum atomic E-state index is 12.3. The molecule has 0 heterocycles. The lowest BCUT2D eigenvalue weighted by molar-refractivity contribution is -0.154. The maximum absolute atomic E-state index is 12.3. The molecule has 1 amide bonds. The van der Waals surface area contributed by atoms with E-state index in [-0.39, 0.29) is 6.04 Å². The second kappa shape index (κ2) is 9.57. The Morgan fingerprint density at radius 3 is 2.43 bits per heavy atom. The molecule has 0 aliphatic carbocycles. The number of hydrogen-bond acceptors (Lipinski definition) is 5. The molecule has 0 bridgehead atoms. The minimum atomic E-state index is -0.888. The summed E-state index contributed by atoms with van der Waals surface area (Å²) in [6.07, 6.45) is -0.888. The highest BCUT2D eigenvalue weighted by molar-refractivity contribution is 5.87. The number of ether oxygens (including phenoxy) is 2. The van der Waals surface area contributed by atoms with Crippen LogP contribution < -0.4 is 10.1 Å². The molecule has 0 radical (unpaired) electrons. The minimum absolute atomic E-state index is 0.241. The van der Waals surface area contributed by atoms with Crippen LogP contribution in [0.15, 0.2) is 66.7 Å². The molecule has 1 N–H and O–H groups in total. The monoisotopic (exact) mass is 402 g/mol. The van der Waals surface area contributed by atoms with Gasteiger partial charge in [0.25, 0.3) is 5.91 Å². The molecular weight excluding hydrogens is 380 g/mol. The van der Waals surface area contributed by atoms with Crippen molar-refractivity contribution >= 4 is 22.6 Å². The van der Waals surface area contributed by atoms with Crippen molar-refractivity contribution < 1.29 is 19.1 Å². The van der Waals surface area contributed by atoms with E-state index in [2.05, 4.69) is 5.32 Å². The van der Waals surface area contributed by atoms with E-state index in [4.69, 9.17) is 14.7 Å². The summed E-state index contributed by atoms with van der Waals surface area (Å²) in [5.74, 6) is -0.603. The number of rotatable bonds is 7. The summed E-state index contributed by atoms with van der Waals surface area (Å²) >= 11 is 0. The van der Waals surface area contributed by atoms with Crippen molar-refractivity contribution in [3.05, 3.63) is 77.9 Å². The highest BCUT2D eigenvalue weighted by Gasteiger charge is 2.19. The number of fused-ring (bicyclic) bond motifs is 1. The largest absolute Gasteiger partial charge is 0.479 e. The molecule has 0 saturated heterocycles. The Labute approximate surface area is 175 Å². The summed E-state index contributed by atoms with van der Waals surface area (Å²) in [6, 6.07) is 22.0. The molecule has 2 atom stereocenters. The molecule has 0 saturated carbocycles. The quantitative estimate of drug-likeness (QED) is 0.606. The molecule has 0 fully saturated rings. The Hall–Kier alpha value is -3.85. The summed E-state index contributed by atoms with van der Waals surface area (Å²) in [5.41, 5.74) is 1.49. The third-order valence-electron chi connectivity index (χ3n) is 4.64. The van der Waals surface area contributed by atoms with Crippen LogP contribution in [-0.2, 0) is 14.3 Å². The fraction of sp³-hybridized carbons (Fsp3) is 0.208. The summed E-state index contributed by atoms with van der Waals surface area (Å²) in [4.78, 5) is 24.4. The van der Waals surface area contributed by atoms with E-state index in [0.717, 1.165) is 16.3 Å². The number of amides is 1. The molecule has 0 aliphatic rings. The first kappa shape index (κ1) is 20.9. The van der Waals surface area contributed by atoms with Gasteiger partial charge in [-0.15, -0.1) is 0 Å². The molecule has 0 spiro atoms. The Morgan fingerprint density at radius 2 is 1.70 bits per heavy atom. The standard InChI is InChI=1S/C24H22N2O4/c1-16(21-9-5-7-19-6-3-4-8-22(19)21)26-23(27)15-29-24(28)17(2)30-20-12-10-18(14-25)11-13-20/h3-13,16-17H,15H2,1-2H3,(H,26,27)/t16-,17-/m1/s1. The number of nitriles is 1. The molecule has 6 heteroatoms. The zero-order chi connectivity index (χ0) is 21.5. The smallest absolute Gasteiger partial charge is 0.347 e. The van der Waals surface area contributed by atoms with Crippen LogP contribution in [0.2, 0.25) is 0 Å². The van der Waals surface area contributed by atoms with E-state index >= 15 is 0 Å². The highest BCUT2D eigenvalue weighted by atomic mass is 16.6. The normalized spacial score (nSPS) is 12.4. The molecule has 3 aromatic carbocycles. The Bertz CT molecular complexity index is 1080. The zero-order valence-corrected chi connectivity index (χ0v) is 16.8. The SMILES string of the molecule is C[C@@H](Oc1ccc(C#N)cc1)C(=O)OCC(=O)N[C@H](C)c1cccc2ccccc12. The number of benzene rings is 3. The van der Waals surface area contributed by atoms with Crippen LogP contribution in [0, 0.1) is 11.3 Å². The Kier molecular flexibility index (Phi) is 6.66. The van der Waals surface area contributed by atoms with Crippen molar-refractivity contribution in [3.8, 4) is 11.8 Å². The van der Waals surface area contributed by atoms with Crippen molar-refractivity contribution in [2.45, 2.75) is 26.0 Å². The third-order valence-corrected chi connectivity index (χ3v) is 4.64. The molecule has 0 aromatic heterocycles. The van der Waals surface area contributed by atoms with Gasteiger partial charge in [0.05, 0.1) is 17.7 Å². The lowest BCUT2D eigenvalue weighted by atomic mass is 10.00. The zero-order valence-electron chi connectivity index (χ0n) is 16.8. The van der Waals surface area contributed by atoms with Gasteiger partial charge in [-0.05, 0) is 54.4 Å². The van der Waals surface area contributed by atoms with Crippen LogP contribution in [0.4, 0.5) is 0 Å². The van der Waals surface area contributed by atoms with Crippen molar-refractivity contribution in [1.29, 1.82) is 5.26 Å². The van der Waals surface area contributed by atoms with Gasteiger partial charge in [-0.25, -0.2) is 4.79 Å². The summed E-state index contributed by atoms with van der Waals surface area (Å²) in [7, 11) is 0. The lowest BCUT2D eigenvalue weighted by Crippen LogP contribution is -2.34. The van der Waals surface area contributed by atoms with Gasteiger partial charge < -0.3 is 14.8 Å². The van der Waals surface area contributed by atoms with E-state index in [1.807, 2.05) is 55.5 Å². The van der Waals surface area contributed by atoms with Gasteiger partial charge in [0, 0.05) is 0 Å². The molecule has 152 valence electrons. The number of hydrogen-bond donors (Lipinski definition) is 1. The average Bonchev–Trinajstić information content (AvgIpc) is 2.77. The van der Waals surface area contributed by atoms with E-state index in [1.54, 1.807) is 24.3 Å². The van der Waals surface area contributed by atoms with Crippen molar-refractivity contribution in [3.63, 3.8) is 0 Å². The van der Waals surface area contributed by atoms with Gasteiger partial charge in [0.2, 0.25) is 0 Å². The van der Waals surface area contributed by atoms with Gasteiger partial charge >= 0.3 is 5.97 Å². The predicted octanol–water partition coefficient (Wildman–Crippen LogP) is 3.90. The lowest BCUT2D eigenvalue weighted by Gasteiger charge is -2.17. The van der Waals surface area contributed by atoms with Crippen molar-refractivity contribution in [2.75, 3.05) is 6.61 Å². The van der Waals surface area contributed by atoms with Crippen LogP contribution in [0.1, 0.15) is 31.0 Å². The first-order valence-corrected chi connectivity index (χ1v) is 9.58. The molecule has 0 aliphatic heterocycles. The number of carbonyl (C=O) groups is 2. The molecular formula is C24H22N2O4. The van der Waals surface area contributed by atoms with Crippen LogP contribution >= 0.6 is 0 Å². The second-order valence-electron chi connectivity index (χ2n) is 6.86. The number of nitrogens with zero attached hydrogens (tertiary/aromatic N) is 1. The van der Waals surface area contributed by atoms with Crippen LogP contribution in [0.3, 0.4) is 0 Å². The molecule has 3 aromatic rings. The first-order chi connectivity index (χ1) is 14.5. The van der Waals surface area contributed by atoms with Gasteiger partial charge in [-0.3, -0.25) is 4.79 Å². The fourth-order valence-corrected chi connectivity index (χ4v) is 3.10. The molecule has 3 rings (SSSR count). The minimum Gasteiger partial charge on any atom is -0.479 e. The Balaban J connectivity index is 1.51. The van der Waals surface area contributed by atoms with Gasteiger partial charge in [-0.2, -0.15) is 5.26 Å². The van der Waals surface area contributed by atoms with E-state index in [0.29, 0.717) is 11.3 Å². The number of carbonyl (C=O) groups excluding carboxylic acids is 2.